The molecule has 78 valence electrons. The molecule has 0 unspecified atom stereocenters. The molecule has 1 aromatic carbocycles. The summed E-state index contributed by atoms with van der Waals surface area (Å²) in [6.45, 7) is 1.47. The van der Waals surface area contributed by atoms with E-state index in [4.69, 9.17) is 4.74 Å². The Morgan fingerprint density at radius 2 is 2.00 bits per heavy atom. The predicted octanol–water partition coefficient (Wildman–Crippen LogP) is 1.62. The molecule has 1 aliphatic heterocycles. The van der Waals surface area contributed by atoms with Crippen LogP contribution in [0.4, 0.5) is 5.69 Å². The molecule has 1 saturated heterocycles. The Balaban J connectivity index is 2.12. The number of nitro groups is 1. The number of Topliss-reactive ketones (excluding diaryl/α,β-unsaturated/α-hetero) is 1. The van der Waals surface area contributed by atoms with Crippen molar-refractivity contribution in [3.8, 4) is 0 Å². The standard InChI is InChI=1S/C10H9NO4/c1-6(12)9-10(15-9)7-2-4-8(5-3-7)11(13)14/h2-5,9-10H,1H3/t9-,10-/m0/s1. The molecule has 1 fully saturated rings. The van der Waals surface area contributed by atoms with Gasteiger partial charge >= 0.3 is 0 Å². The first kappa shape index (κ1) is 9.79. The van der Waals surface area contributed by atoms with Gasteiger partial charge in [-0.05, 0) is 24.6 Å². The van der Waals surface area contributed by atoms with Crippen molar-refractivity contribution in [2.24, 2.45) is 0 Å². The van der Waals surface area contributed by atoms with Crippen LogP contribution in [0.15, 0.2) is 24.3 Å². The molecule has 5 heteroatoms. The van der Waals surface area contributed by atoms with Gasteiger partial charge in [0.15, 0.2) is 5.78 Å². The van der Waals surface area contributed by atoms with Crippen LogP contribution in [0.25, 0.3) is 0 Å². The summed E-state index contributed by atoms with van der Waals surface area (Å²) in [6, 6.07) is 6.06. The third-order valence-corrected chi connectivity index (χ3v) is 2.32. The molecule has 0 aliphatic carbocycles. The normalized spacial score (nSPS) is 23.5. The third kappa shape index (κ3) is 1.87. The van der Waals surface area contributed by atoms with Crippen LogP contribution in [-0.4, -0.2) is 16.8 Å². The fourth-order valence-corrected chi connectivity index (χ4v) is 1.46. The average Bonchev–Trinajstić information content (AvgIpc) is 2.97. The molecule has 0 bridgehead atoms. The molecule has 0 aromatic heterocycles. The quantitative estimate of drug-likeness (QED) is 0.429. The van der Waals surface area contributed by atoms with Crippen molar-refractivity contribution >= 4 is 11.5 Å². The number of non-ortho nitro benzene ring substituents is 1. The van der Waals surface area contributed by atoms with Crippen LogP contribution in [0.2, 0.25) is 0 Å². The van der Waals surface area contributed by atoms with Gasteiger partial charge in [0, 0.05) is 12.1 Å². The lowest BCUT2D eigenvalue weighted by Crippen LogP contribution is -2.00. The predicted molar refractivity (Wildman–Crippen MR) is 51.4 cm³/mol. The van der Waals surface area contributed by atoms with E-state index in [0.29, 0.717) is 0 Å². The summed E-state index contributed by atoms with van der Waals surface area (Å²) in [6.07, 6.45) is -0.588. The van der Waals surface area contributed by atoms with E-state index in [1.165, 1.54) is 19.1 Å². The summed E-state index contributed by atoms with van der Waals surface area (Å²) in [5.41, 5.74) is 0.847. The Bertz CT molecular complexity index is 412. The molecule has 0 amide bonds. The van der Waals surface area contributed by atoms with E-state index in [1.54, 1.807) is 12.1 Å². The van der Waals surface area contributed by atoms with Crippen molar-refractivity contribution in [2.75, 3.05) is 0 Å². The molecule has 0 N–H and O–H groups in total. The molecule has 0 spiro atoms. The second-order valence-electron chi connectivity index (χ2n) is 3.44. The highest BCUT2D eigenvalue weighted by Gasteiger charge is 2.43. The number of hydrogen-bond donors (Lipinski definition) is 0. The number of nitrogens with zero attached hydrogens (tertiary/aromatic N) is 1. The minimum absolute atomic E-state index is 0.0154. The number of rotatable bonds is 3. The zero-order valence-corrected chi connectivity index (χ0v) is 8.04. The second kappa shape index (κ2) is 3.43. The fraction of sp³-hybridized carbons (Fsp3) is 0.300. The molecule has 0 radical (unpaired) electrons. The van der Waals surface area contributed by atoms with E-state index in [2.05, 4.69) is 0 Å². The topological polar surface area (TPSA) is 72.7 Å². The second-order valence-corrected chi connectivity index (χ2v) is 3.44. The Morgan fingerprint density at radius 1 is 1.40 bits per heavy atom. The zero-order chi connectivity index (χ0) is 11.0. The van der Waals surface area contributed by atoms with Gasteiger partial charge in [0.2, 0.25) is 0 Å². The number of nitro benzene ring substituents is 1. The van der Waals surface area contributed by atoms with Gasteiger partial charge in [0.25, 0.3) is 5.69 Å². The molecule has 5 nitrogen and oxygen atoms in total. The van der Waals surface area contributed by atoms with Crippen molar-refractivity contribution in [2.45, 2.75) is 19.1 Å². The summed E-state index contributed by atoms with van der Waals surface area (Å²) in [5.74, 6) is -0.0154. The fourth-order valence-electron chi connectivity index (χ4n) is 1.46. The molecule has 15 heavy (non-hydrogen) atoms. The number of epoxide rings is 1. The number of carbonyl (C=O) groups excluding carboxylic acids is 1. The van der Waals surface area contributed by atoms with Gasteiger partial charge in [0.05, 0.1) is 4.92 Å². The van der Waals surface area contributed by atoms with Crippen LogP contribution in [0.5, 0.6) is 0 Å². The van der Waals surface area contributed by atoms with Crippen LogP contribution >= 0.6 is 0 Å². The first-order chi connectivity index (χ1) is 7.09. The summed E-state index contributed by atoms with van der Waals surface area (Å²) < 4.78 is 5.15. The van der Waals surface area contributed by atoms with Gasteiger partial charge in [-0.25, -0.2) is 0 Å². The lowest BCUT2D eigenvalue weighted by atomic mass is 10.1. The number of ether oxygens (including phenoxy) is 1. The van der Waals surface area contributed by atoms with Gasteiger partial charge < -0.3 is 4.74 Å². The minimum atomic E-state index is -0.458. The average molecular weight is 207 g/mol. The SMILES string of the molecule is CC(=O)[C@@H]1O[C@H]1c1ccc([N+](=O)[O-])cc1. The van der Waals surface area contributed by atoms with E-state index < -0.39 is 4.92 Å². The molecule has 0 saturated carbocycles. The van der Waals surface area contributed by atoms with Gasteiger partial charge in [-0.2, -0.15) is 0 Å². The lowest BCUT2D eigenvalue weighted by molar-refractivity contribution is -0.384. The molecule has 2 rings (SSSR count). The van der Waals surface area contributed by atoms with Gasteiger partial charge in [-0.15, -0.1) is 0 Å². The van der Waals surface area contributed by atoms with Crippen molar-refractivity contribution < 1.29 is 14.5 Å². The van der Waals surface area contributed by atoms with Crippen molar-refractivity contribution in [3.63, 3.8) is 0 Å². The summed E-state index contributed by atoms with van der Waals surface area (Å²) >= 11 is 0. The van der Waals surface area contributed by atoms with Crippen LogP contribution in [-0.2, 0) is 9.53 Å². The first-order valence-electron chi connectivity index (χ1n) is 4.50. The summed E-state index contributed by atoms with van der Waals surface area (Å²) in [7, 11) is 0. The van der Waals surface area contributed by atoms with Crippen LogP contribution in [0.1, 0.15) is 18.6 Å². The summed E-state index contributed by atoms with van der Waals surface area (Å²) in [5, 5.41) is 10.4. The zero-order valence-electron chi connectivity index (χ0n) is 8.04. The van der Waals surface area contributed by atoms with Gasteiger partial charge in [-0.1, -0.05) is 0 Å². The molecule has 1 aromatic rings. The van der Waals surface area contributed by atoms with Crippen LogP contribution in [0.3, 0.4) is 0 Å². The van der Waals surface area contributed by atoms with E-state index in [0.717, 1.165) is 5.56 Å². The molecular weight excluding hydrogens is 198 g/mol. The lowest BCUT2D eigenvalue weighted by Gasteiger charge is -1.94. The monoisotopic (exact) mass is 207 g/mol. The van der Waals surface area contributed by atoms with E-state index in [9.17, 15) is 14.9 Å². The minimum Gasteiger partial charge on any atom is -0.356 e. The van der Waals surface area contributed by atoms with Crippen molar-refractivity contribution in [1.82, 2.24) is 0 Å². The summed E-state index contributed by atoms with van der Waals surface area (Å²) in [4.78, 5) is 20.9. The largest absolute Gasteiger partial charge is 0.356 e. The van der Waals surface area contributed by atoms with Crippen molar-refractivity contribution in [1.29, 1.82) is 0 Å². The number of carbonyl (C=O) groups is 1. The Hall–Kier alpha value is -1.75. The molecule has 2 atom stereocenters. The van der Waals surface area contributed by atoms with E-state index >= 15 is 0 Å². The number of ketones is 1. The van der Waals surface area contributed by atoms with Gasteiger partial charge in [-0.3, -0.25) is 14.9 Å². The van der Waals surface area contributed by atoms with Crippen LogP contribution < -0.4 is 0 Å². The molecule has 1 heterocycles. The smallest absolute Gasteiger partial charge is 0.269 e. The maximum atomic E-state index is 10.9. The maximum Gasteiger partial charge on any atom is 0.269 e. The van der Waals surface area contributed by atoms with Crippen LogP contribution in [0, 0.1) is 10.1 Å². The Labute approximate surface area is 85.8 Å². The highest BCUT2D eigenvalue weighted by Crippen LogP contribution is 2.39. The van der Waals surface area contributed by atoms with Crippen molar-refractivity contribution in [3.05, 3.63) is 39.9 Å². The Kier molecular flexibility index (Phi) is 2.24. The highest BCUT2D eigenvalue weighted by molar-refractivity contribution is 5.83. The third-order valence-electron chi connectivity index (χ3n) is 2.32. The molecular formula is C10H9NO4. The maximum absolute atomic E-state index is 10.9. The molecule has 1 aliphatic rings. The van der Waals surface area contributed by atoms with Gasteiger partial charge in [0.1, 0.15) is 12.2 Å². The number of hydrogen-bond acceptors (Lipinski definition) is 4. The van der Waals surface area contributed by atoms with E-state index in [1.807, 2.05) is 0 Å². The Morgan fingerprint density at radius 3 is 2.40 bits per heavy atom. The first-order valence-corrected chi connectivity index (χ1v) is 4.50. The highest BCUT2D eigenvalue weighted by atomic mass is 16.6. The number of benzene rings is 1. The van der Waals surface area contributed by atoms with E-state index in [-0.39, 0.29) is 23.7 Å².